The van der Waals surface area contributed by atoms with Crippen LogP contribution < -0.4 is 10.6 Å². The van der Waals surface area contributed by atoms with Gasteiger partial charge in [-0.25, -0.2) is 4.79 Å². The number of carboxylic acid groups (broad SMARTS) is 1. The highest BCUT2D eigenvalue weighted by molar-refractivity contribution is 5.85. The Balaban J connectivity index is 1.30. The van der Waals surface area contributed by atoms with Gasteiger partial charge in [-0.1, -0.05) is 48.5 Å². The first-order valence-electron chi connectivity index (χ1n) is 10.6. The summed E-state index contributed by atoms with van der Waals surface area (Å²) in [6.45, 7) is 1.76. The molecule has 3 N–H and O–H groups in total. The molecular formula is C24H26N2O5. The maximum Gasteiger partial charge on any atom is 0.407 e. The lowest BCUT2D eigenvalue weighted by Crippen LogP contribution is -2.47. The summed E-state index contributed by atoms with van der Waals surface area (Å²) in [5, 5.41) is 14.5. The van der Waals surface area contributed by atoms with E-state index in [1.807, 2.05) is 36.4 Å². The molecular weight excluding hydrogens is 396 g/mol. The second kappa shape index (κ2) is 8.79. The summed E-state index contributed by atoms with van der Waals surface area (Å²) >= 11 is 0. The van der Waals surface area contributed by atoms with Crippen LogP contribution in [0, 0.1) is 5.92 Å². The van der Waals surface area contributed by atoms with E-state index < -0.39 is 24.0 Å². The number of ether oxygens (including phenoxy) is 1. The first kappa shape index (κ1) is 20.9. The standard InChI is InChI=1S/C24H26N2O5/c1-14(22(27)26-16-11-10-15(12-16)23(28)29)25-24(30)31-13-21-19-8-4-2-6-17(19)18-7-3-5-9-20(18)21/h2-9,14-16,21H,10-13H2,1H3,(H,25,30)(H,26,27)(H,28,29). The van der Waals surface area contributed by atoms with Crippen molar-refractivity contribution in [2.24, 2.45) is 5.92 Å². The van der Waals surface area contributed by atoms with E-state index in [1.165, 1.54) is 0 Å². The number of hydrogen-bond donors (Lipinski definition) is 3. The van der Waals surface area contributed by atoms with Crippen molar-refractivity contribution in [1.29, 1.82) is 0 Å². The molecule has 2 aromatic rings. The fraction of sp³-hybridized carbons (Fsp3) is 0.375. The van der Waals surface area contributed by atoms with Crippen molar-refractivity contribution in [2.75, 3.05) is 6.61 Å². The molecule has 0 aliphatic heterocycles. The third-order valence-corrected chi connectivity index (χ3v) is 6.20. The zero-order valence-electron chi connectivity index (χ0n) is 17.3. The molecule has 0 spiro atoms. The van der Waals surface area contributed by atoms with Crippen LogP contribution >= 0.6 is 0 Å². The molecule has 162 valence electrons. The molecule has 2 aliphatic rings. The molecule has 0 heterocycles. The Hall–Kier alpha value is -3.35. The molecule has 0 bridgehead atoms. The molecule has 7 heteroatoms. The highest BCUT2D eigenvalue weighted by Gasteiger charge is 2.32. The number of rotatable bonds is 6. The number of fused-ring (bicyclic) bond motifs is 3. The molecule has 7 nitrogen and oxygen atoms in total. The number of nitrogens with one attached hydrogen (secondary N) is 2. The predicted octanol–water partition coefficient (Wildman–Crippen LogP) is 3.28. The molecule has 1 fully saturated rings. The zero-order valence-corrected chi connectivity index (χ0v) is 17.3. The van der Waals surface area contributed by atoms with E-state index in [0.717, 1.165) is 22.3 Å². The van der Waals surface area contributed by atoms with Gasteiger partial charge in [0.25, 0.3) is 0 Å². The molecule has 3 unspecified atom stereocenters. The largest absolute Gasteiger partial charge is 0.481 e. The molecule has 3 atom stereocenters. The van der Waals surface area contributed by atoms with E-state index in [-0.39, 0.29) is 24.5 Å². The van der Waals surface area contributed by atoms with Gasteiger partial charge in [0.15, 0.2) is 0 Å². The first-order chi connectivity index (χ1) is 14.9. The summed E-state index contributed by atoms with van der Waals surface area (Å²) in [4.78, 5) is 35.8. The van der Waals surface area contributed by atoms with Crippen molar-refractivity contribution in [2.45, 2.75) is 44.2 Å². The highest BCUT2D eigenvalue weighted by atomic mass is 16.5. The van der Waals surface area contributed by atoms with Crippen LogP contribution in [0.3, 0.4) is 0 Å². The van der Waals surface area contributed by atoms with Crippen molar-refractivity contribution in [3.8, 4) is 11.1 Å². The van der Waals surface area contributed by atoms with Gasteiger partial charge < -0.3 is 20.5 Å². The van der Waals surface area contributed by atoms with Gasteiger partial charge in [-0.3, -0.25) is 9.59 Å². The van der Waals surface area contributed by atoms with Crippen LogP contribution in [-0.4, -0.2) is 41.8 Å². The third-order valence-electron chi connectivity index (χ3n) is 6.20. The van der Waals surface area contributed by atoms with E-state index in [2.05, 4.69) is 22.8 Å². The van der Waals surface area contributed by atoms with Crippen molar-refractivity contribution in [3.63, 3.8) is 0 Å². The van der Waals surface area contributed by atoms with E-state index in [4.69, 9.17) is 9.84 Å². The molecule has 4 rings (SSSR count). The van der Waals surface area contributed by atoms with Gasteiger partial charge >= 0.3 is 12.1 Å². The molecule has 31 heavy (non-hydrogen) atoms. The van der Waals surface area contributed by atoms with Crippen LogP contribution in [0.5, 0.6) is 0 Å². The predicted molar refractivity (Wildman–Crippen MR) is 115 cm³/mol. The van der Waals surface area contributed by atoms with Gasteiger partial charge in [0, 0.05) is 12.0 Å². The Kier molecular flexibility index (Phi) is 5.93. The third kappa shape index (κ3) is 4.40. The van der Waals surface area contributed by atoms with Crippen LogP contribution in [0.25, 0.3) is 11.1 Å². The number of carboxylic acids is 1. The number of benzene rings is 2. The van der Waals surface area contributed by atoms with Crippen molar-refractivity contribution >= 4 is 18.0 Å². The Morgan fingerprint density at radius 3 is 2.23 bits per heavy atom. The van der Waals surface area contributed by atoms with Crippen LogP contribution in [0.15, 0.2) is 48.5 Å². The van der Waals surface area contributed by atoms with E-state index in [0.29, 0.717) is 19.3 Å². The topological polar surface area (TPSA) is 105 Å². The minimum absolute atomic E-state index is 0.0475. The van der Waals surface area contributed by atoms with Gasteiger partial charge in [-0.15, -0.1) is 0 Å². The lowest BCUT2D eigenvalue weighted by Gasteiger charge is -2.19. The minimum atomic E-state index is -0.832. The summed E-state index contributed by atoms with van der Waals surface area (Å²) < 4.78 is 5.47. The van der Waals surface area contributed by atoms with Gasteiger partial charge in [-0.2, -0.15) is 0 Å². The number of carbonyl (C=O) groups is 3. The Labute approximate surface area is 180 Å². The maximum atomic E-state index is 12.4. The molecule has 2 aliphatic carbocycles. The number of alkyl carbamates (subject to hydrolysis) is 1. The monoisotopic (exact) mass is 422 g/mol. The number of hydrogen-bond acceptors (Lipinski definition) is 4. The summed E-state index contributed by atoms with van der Waals surface area (Å²) in [6, 6.07) is 15.2. The fourth-order valence-corrected chi connectivity index (χ4v) is 4.55. The Morgan fingerprint density at radius 1 is 1.03 bits per heavy atom. The fourth-order valence-electron chi connectivity index (χ4n) is 4.55. The average Bonchev–Trinajstić information content (AvgIpc) is 3.35. The number of aliphatic carboxylic acids is 1. The van der Waals surface area contributed by atoms with Crippen LogP contribution in [0.4, 0.5) is 4.79 Å². The number of carbonyl (C=O) groups excluding carboxylic acids is 2. The normalized spacial score (nSPS) is 20.4. The lowest BCUT2D eigenvalue weighted by atomic mass is 9.98. The minimum Gasteiger partial charge on any atom is -0.481 e. The molecule has 1 saturated carbocycles. The zero-order chi connectivity index (χ0) is 22.0. The quantitative estimate of drug-likeness (QED) is 0.663. The van der Waals surface area contributed by atoms with Gasteiger partial charge in [0.1, 0.15) is 12.6 Å². The SMILES string of the molecule is CC(NC(=O)OCC1c2ccccc2-c2ccccc21)C(=O)NC1CCC(C(=O)O)C1. The maximum absolute atomic E-state index is 12.4. The molecule has 0 saturated heterocycles. The second-order valence-corrected chi connectivity index (χ2v) is 8.25. The summed E-state index contributed by atoms with van der Waals surface area (Å²) in [6.07, 6.45) is 0.937. The van der Waals surface area contributed by atoms with Crippen LogP contribution in [0.2, 0.25) is 0 Å². The van der Waals surface area contributed by atoms with Gasteiger partial charge in [-0.05, 0) is 48.4 Å². The molecule has 2 amide bonds. The van der Waals surface area contributed by atoms with Crippen molar-refractivity contribution < 1.29 is 24.2 Å². The number of amides is 2. The van der Waals surface area contributed by atoms with Crippen molar-refractivity contribution in [1.82, 2.24) is 10.6 Å². The first-order valence-corrected chi connectivity index (χ1v) is 10.6. The van der Waals surface area contributed by atoms with E-state index >= 15 is 0 Å². The molecule has 2 aromatic carbocycles. The van der Waals surface area contributed by atoms with Gasteiger partial charge in [0.2, 0.25) is 5.91 Å². The van der Waals surface area contributed by atoms with Crippen molar-refractivity contribution in [3.05, 3.63) is 59.7 Å². The van der Waals surface area contributed by atoms with Crippen LogP contribution in [0.1, 0.15) is 43.2 Å². The second-order valence-electron chi connectivity index (χ2n) is 8.25. The van der Waals surface area contributed by atoms with Crippen LogP contribution in [-0.2, 0) is 14.3 Å². The average molecular weight is 422 g/mol. The summed E-state index contributed by atoms with van der Waals surface area (Å²) in [5.41, 5.74) is 4.54. The summed E-state index contributed by atoms with van der Waals surface area (Å²) in [5.74, 6) is -1.64. The molecule has 0 aromatic heterocycles. The van der Waals surface area contributed by atoms with E-state index in [9.17, 15) is 14.4 Å². The highest BCUT2D eigenvalue weighted by Crippen LogP contribution is 2.44. The summed E-state index contributed by atoms with van der Waals surface area (Å²) in [7, 11) is 0. The lowest BCUT2D eigenvalue weighted by molar-refractivity contribution is -0.141. The molecule has 0 radical (unpaired) electrons. The Morgan fingerprint density at radius 2 is 1.65 bits per heavy atom. The smallest absolute Gasteiger partial charge is 0.407 e. The Bertz CT molecular complexity index is 959. The van der Waals surface area contributed by atoms with E-state index in [1.54, 1.807) is 6.92 Å². The van der Waals surface area contributed by atoms with Gasteiger partial charge in [0.05, 0.1) is 5.92 Å².